The van der Waals surface area contributed by atoms with Crippen molar-refractivity contribution >= 4 is 16.9 Å². The summed E-state index contributed by atoms with van der Waals surface area (Å²) in [6.45, 7) is 8.62. The Balaban J connectivity index is 1.20. The van der Waals surface area contributed by atoms with E-state index in [1.165, 1.54) is 0 Å². The second kappa shape index (κ2) is 10.4. The predicted molar refractivity (Wildman–Crippen MR) is 153 cm³/mol. The first-order valence-electron chi connectivity index (χ1n) is 13.4. The fraction of sp³-hybridized carbons (Fsp3) is 0.333. The van der Waals surface area contributed by atoms with E-state index in [4.69, 9.17) is 14.5 Å². The van der Waals surface area contributed by atoms with Gasteiger partial charge in [0, 0.05) is 53.8 Å². The molecule has 6 rings (SSSR count). The van der Waals surface area contributed by atoms with Crippen LogP contribution in [0, 0.1) is 13.8 Å². The zero-order valence-corrected chi connectivity index (χ0v) is 22.8. The van der Waals surface area contributed by atoms with Crippen molar-refractivity contribution in [3.8, 4) is 34.1 Å². The maximum absolute atomic E-state index is 5.82. The maximum Gasteiger partial charge on any atom is 0.213 e. The Bertz CT molecular complexity index is 1620. The smallest absolute Gasteiger partial charge is 0.213 e. The largest absolute Gasteiger partial charge is 0.494 e. The van der Waals surface area contributed by atoms with Gasteiger partial charge >= 0.3 is 0 Å². The van der Waals surface area contributed by atoms with E-state index in [0.717, 1.165) is 88.1 Å². The standard InChI is InChI=1S/C30H33N7O2/c1-5-39-25-14-22(7-6-18(25)2)27-19(3)34-28(36-27)20-9-12-37(13-10-20)30-23-16-24(35-29(23)32-17-33-30)21-8-11-31-26(15-21)38-4/h6-8,11,14-17,20H,5,9-10,12-13H2,1-4H3,(H,34,36)(H,32,33,35). The molecule has 0 aliphatic carbocycles. The Labute approximate surface area is 227 Å². The number of imidazole rings is 1. The Hall–Kier alpha value is -4.40. The van der Waals surface area contributed by atoms with Gasteiger partial charge in [-0.15, -0.1) is 0 Å². The van der Waals surface area contributed by atoms with Crippen LogP contribution in [0.3, 0.4) is 0 Å². The number of ether oxygens (including phenoxy) is 2. The fourth-order valence-electron chi connectivity index (χ4n) is 5.40. The molecule has 5 heterocycles. The quantitative estimate of drug-likeness (QED) is 0.277. The third kappa shape index (κ3) is 4.80. The molecule has 0 radical (unpaired) electrons. The van der Waals surface area contributed by atoms with E-state index in [2.05, 4.69) is 67.9 Å². The third-order valence-corrected chi connectivity index (χ3v) is 7.51. The zero-order chi connectivity index (χ0) is 26.9. The van der Waals surface area contributed by atoms with E-state index >= 15 is 0 Å². The number of nitrogens with zero attached hydrogens (tertiary/aromatic N) is 5. The Morgan fingerprint density at radius 2 is 1.82 bits per heavy atom. The number of methoxy groups -OCH3 is 1. The molecule has 0 saturated carbocycles. The van der Waals surface area contributed by atoms with Crippen molar-refractivity contribution in [2.75, 3.05) is 31.7 Å². The lowest BCUT2D eigenvalue weighted by Crippen LogP contribution is -2.33. The van der Waals surface area contributed by atoms with Crippen molar-refractivity contribution in [3.05, 3.63) is 66.0 Å². The second-order valence-electron chi connectivity index (χ2n) is 10.00. The summed E-state index contributed by atoms with van der Waals surface area (Å²) in [5, 5.41) is 1.02. The summed E-state index contributed by atoms with van der Waals surface area (Å²) < 4.78 is 11.1. The van der Waals surface area contributed by atoms with Crippen molar-refractivity contribution in [1.82, 2.24) is 29.9 Å². The van der Waals surface area contributed by atoms with Gasteiger partial charge in [-0.05, 0) is 57.4 Å². The van der Waals surface area contributed by atoms with Crippen LogP contribution < -0.4 is 14.4 Å². The van der Waals surface area contributed by atoms with E-state index in [0.29, 0.717) is 18.4 Å². The average Bonchev–Trinajstić information content (AvgIpc) is 3.58. The molecule has 39 heavy (non-hydrogen) atoms. The van der Waals surface area contributed by atoms with E-state index in [9.17, 15) is 0 Å². The van der Waals surface area contributed by atoms with Crippen LogP contribution in [0.1, 0.15) is 42.8 Å². The predicted octanol–water partition coefficient (Wildman–Crippen LogP) is 5.82. The molecule has 0 amide bonds. The summed E-state index contributed by atoms with van der Waals surface area (Å²) in [6, 6.07) is 12.3. The fourth-order valence-corrected chi connectivity index (χ4v) is 5.40. The van der Waals surface area contributed by atoms with Crippen LogP contribution in [-0.2, 0) is 0 Å². The normalized spacial score (nSPS) is 14.2. The van der Waals surface area contributed by atoms with Crippen LogP contribution in [0.5, 0.6) is 11.6 Å². The lowest BCUT2D eigenvalue weighted by molar-refractivity contribution is 0.338. The van der Waals surface area contributed by atoms with Crippen LogP contribution in [0.15, 0.2) is 48.9 Å². The molecule has 9 heteroatoms. The van der Waals surface area contributed by atoms with Crippen molar-refractivity contribution in [2.24, 2.45) is 0 Å². The minimum absolute atomic E-state index is 0.369. The van der Waals surface area contributed by atoms with Gasteiger partial charge in [-0.1, -0.05) is 12.1 Å². The lowest BCUT2D eigenvalue weighted by Gasteiger charge is -2.32. The van der Waals surface area contributed by atoms with Gasteiger partial charge in [0.25, 0.3) is 0 Å². The molecule has 4 aromatic heterocycles. The average molecular weight is 524 g/mol. The number of nitrogens with one attached hydrogen (secondary N) is 2. The summed E-state index contributed by atoms with van der Waals surface area (Å²) in [4.78, 5) is 27.8. The molecule has 0 spiro atoms. The third-order valence-electron chi connectivity index (χ3n) is 7.51. The SMILES string of the molecule is CCOc1cc(-c2nc(C3CCN(c4ncnc5[nH]c(-c6ccnc(OC)c6)cc45)CC3)[nH]c2C)ccc1C. The number of piperidine rings is 1. The van der Waals surface area contributed by atoms with E-state index in [-0.39, 0.29) is 0 Å². The van der Waals surface area contributed by atoms with Crippen molar-refractivity contribution in [1.29, 1.82) is 0 Å². The molecule has 9 nitrogen and oxygen atoms in total. The number of rotatable bonds is 7. The molecule has 0 unspecified atom stereocenters. The maximum atomic E-state index is 5.82. The van der Waals surface area contributed by atoms with Gasteiger partial charge in [0.05, 0.1) is 24.8 Å². The molecule has 1 saturated heterocycles. The molecule has 1 aliphatic rings. The molecule has 0 atom stereocenters. The molecular weight excluding hydrogens is 490 g/mol. The molecule has 0 bridgehead atoms. The number of hydrogen-bond donors (Lipinski definition) is 2. The number of fused-ring (bicyclic) bond motifs is 1. The zero-order valence-electron chi connectivity index (χ0n) is 22.8. The number of benzene rings is 1. The van der Waals surface area contributed by atoms with Gasteiger partial charge in [-0.25, -0.2) is 19.9 Å². The molecule has 1 aromatic carbocycles. The Morgan fingerprint density at radius 1 is 0.974 bits per heavy atom. The highest BCUT2D eigenvalue weighted by Gasteiger charge is 2.26. The Morgan fingerprint density at radius 3 is 2.62 bits per heavy atom. The topological polar surface area (TPSA) is 105 Å². The summed E-state index contributed by atoms with van der Waals surface area (Å²) in [6.07, 6.45) is 5.37. The van der Waals surface area contributed by atoms with Crippen molar-refractivity contribution in [2.45, 2.75) is 39.5 Å². The van der Waals surface area contributed by atoms with E-state index in [1.807, 2.05) is 19.1 Å². The molecular formula is C30H33N7O2. The van der Waals surface area contributed by atoms with Gasteiger partial charge in [-0.2, -0.15) is 0 Å². The number of aromatic amines is 2. The monoisotopic (exact) mass is 523 g/mol. The highest BCUT2D eigenvalue weighted by Crippen LogP contribution is 2.35. The first kappa shape index (κ1) is 24.9. The number of H-pyrrole nitrogens is 2. The van der Waals surface area contributed by atoms with Gasteiger partial charge in [0.2, 0.25) is 5.88 Å². The van der Waals surface area contributed by atoms with E-state index < -0.39 is 0 Å². The van der Waals surface area contributed by atoms with Crippen molar-refractivity contribution in [3.63, 3.8) is 0 Å². The molecule has 5 aromatic rings. The number of pyridine rings is 1. The van der Waals surface area contributed by atoms with Crippen LogP contribution in [0.25, 0.3) is 33.5 Å². The van der Waals surface area contributed by atoms with Crippen LogP contribution >= 0.6 is 0 Å². The highest BCUT2D eigenvalue weighted by molar-refractivity contribution is 5.92. The van der Waals surface area contributed by atoms with E-state index in [1.54, 1.807) is 19.6 Å². The van der Waals surface area contributed by atoms with Gasteiger partial charge in [-0.3, -0.25) is 0 Å². The summed E-state index contributed by atoms with van der Waals surface area (Å²) in [5.74, 6) is 3.88. The number of anilines is 1. The van der Waals surface area contributed by atoms with Crippen LogP contribution in [-0.4, -0.2) is 56.7 Å². The van der Waals surface area contributed by atoms with Gasteiger partial charge < -0.3 is 24.3 Å². The summed E-state index contributed by atoms with van der Waals surface area (Å²) >= 11 is 0. The minimum Gasteiger partial charge on any atom is -0.494 e. The molecule has 200 valence electrons. The lowest BCUT2D eigenvalue weighted by atomic mass is 9.96. The number of aromatic nitrogens is 6. The molecule has 2 N–H and O–H groups in total. The highest BCUT2D eigenvalue weighted by atomic mass is 16.5. The minimum atomic E-state index is 0.369. The summed E-state index contributed by atoms with van der Waals surface area (Å²) in [7, 11) is 1.62. The number of hydrogen-bond acceptors (Lipinski definition) is 7. The first-order chi connectivity index (χ1) is 19.0. The molecule has 1 fully saturated rings. The Kier molecular flexibility index (Phi) is 6.64. The second-order valence-corrected chi connectivity index (χ2v) is 10.00. The first-order valence-corrected chi connectivity index (χ1v) is 13.4. The van der Waals surface area contributed by atoms with Crippen LogP contribution in [0.4, 0.5) is 5.82 Å². The number of aryl methyl sites for hydroxylation is 2. The van der Waals surface area contributed by atoms with Crippen LogP contribution in [0.2, 0.25) is 0 Å². The van der Waals surface area contributed by atoms with Gasteiger partial charge in [0.1, 0.15) is 29.4 Å². The summed E-state index contributed by atoms with van der Waals surface area (Å²) in [5.41, 5.74) is 7.08. The van der Waals surface area contributed by atoms with Gasteiger partial charge in [0.15, 0.2) is 0 Å². The van der Waals surface area contributed by atoms with Crippen molar-refractivity contribution < 1.29 is 9.47 Å². The molecule has 1 aliphatic heterocycles.